The molecule has 2 aromatic rings. The maximum atomic E-state index is 14.5. The first kappa shape index (κ1) is 19.4. The first-order valence-corrected chi connectivity index (χ1v) is 11.1. The Morgan fingerprint density at radius 3 is 2.86 bits per heavy atom. The lowest BCUT2D eigenvalue weighted by Gasteiger charge is -2.31. The molecule has 2 atom stereocenters. The molecule has 1 fully saturated rings. The highest BCUT2D eigenvalue weighted by Crippen LogP contribution is 2.37. The van der Waals surface area contributed by atoms with E-state index in [2.05, 4.69) is 27.4 Å². The highest BCUT2D eigenvalue weighted by molar-refractivity contribution is 7.98. The van der Waals surface area contributed by atoms with E-state index in [4.69, 9.17) is 4.74 Å². The van der Waals surface area contributed by atoms with E-state index in [-0.39, 0.29) is 17.8 Å². The van der Waals surface area contributed by atoms with Gasteiger partial charge in [-0.3, -0.25) is 9.97 Å². The minimum Gasteiger partial charge on any atom is -0.381 e. The molecule has 1 N–H and O–H groups in total. The summed E-state index contributed by atoms with van der Waals surface area (Å²) in [5.74, 6) is 0.741. The number of halogens is 1. The molecule has 0 amide bonds. The third-order valence-electron chi connectivity index (χ3n) is 5.77. The van der Waals surface area contributed by atoms with Gasteiger partial charge in [0.25, 0.3) is 0 Å². The average molecular weight is 400 g/mol. The van der Waals surface area contributed by atoms with Gasteiger partial charge in [0.1, 0.15) is 11.5 Å². The van der Waals surface area contributed by atoms with Crippen molar-refractivity contribution in [3.63, 3.8) is 0 Å². The molecular formula is C22H26FN3OS. The van der Waals surface area contributed by atoms with E-state index >= 15 is 0 Å². The van der Waals surface area contributed by atoms with Gasteiger partial charge in [0, 0.05) is 42.5 Å². The molecule has 0 aliphatic carbocycles. The van der Waals surface area contributed by atoms with Crippen LogP contribution < -0.4 is 5.32 Å². The first-order valence-electron chi connectivity index (χ1n) is 9.89. The molecule has 4 nitrogen and oxygen atoms in total. The van der Waals surface area contributed by atoms with Gasteiger partial charge in [-0.15, -0.1) is 11.8 Å². The number of nitrogens with zero attached hydrogens (tertiary/aromatic N) is 2. The number of hydrogen-bond donors (Lipinski definition) is 1. The molecule has 1 aromatic carbocycles. The molecule has 28 heavy (non-hydrogen) atoms. The molecule has 6 heteroatoms. The highest BCUT2D eigenvalue weighted by atomic mass is 32.2. The van der Waals surface area contributed by atoms with Crippen molar-refractivity contribution in [2.45, 2.75) is 42.5 Å². The molecule has 1 aromatic heterocycles. The van der Waals surface area contributed by atoms with Crippen LogP contribution in [0.3, 0.4) is 0 Å². The van der Waals surface area contributed by atoms with Gasteiger partial charge in [-0.1, -0.05) is 12.1 Å². The monoisotopic (exact) mass is 399 g/mol. The van der Waals surface area contributed by atoms with E-state index < -0.39 is 0 Å². The summed E-state index contributed by atoms with van der Waals surface area (Å²) in [4.78, 5) is 9.28. The molecule has 4 rings (SSSR count). The third-order valence-corrected chi connectivity index (χ3v) is 6.54. The fourth-order valence-electron chi connectivity index (χ4n) is 4.23. The molecule has 0 spiro atoms. The van der Waals surface area contributed by atoms with Crippen LogP contribution in [0, 0.1) is 11.7 Å². The van der Waals surface area contributed by atoms with Gasteiger partial charge >= 0.3 is 0 Å². The topological polar surface area (TPSA) is 47.0 Å². The number of thioether (sulfide) groups is 1. The molecule has 2 unspecified atom stereocenters. The molecule has 2 aliphatic heterocycles. The van der Waals surface area contributed by atoms with Crippen molar-refractivity contribution in [2.75, 3.05) is 19.5 Å². The lowest BCUT2D eigenvalue weighted by Crippen LogP contribution is -2.32. The van der Waals surface area contributed by atoms with E-state index in [0.717, 1.165) is 55.9 Å². The molecule has 148 valence electrons. The molecule has 1 saturated heterocycles. The first-order chi connectivity index (χ1) is 13.7. The van der Waals surface area contributed by atoms with Crippen molar-refractivity contribution in [3.8, 4) is 0 Å². The Labute approximate surface area is 170 Å². The van der Waals surface area contributed by atoms with Crippen LogP contribution >= 0.6 is 11.8 Å². The van der Waals surface area contributed by atoms with E-state index in [0.29, 0.717) is 10.8 Å². The van der Waals surface area contributed by atoms with Crippen molar-refractivity contribution in [1.29, 1.82) is 0 Å². The van der Waals surface area contributed by atoms with Crippen LogP contribution in [0.25, 0.3) is 5.70 Å². The summed E-state index contributed by atoms with van der Waals surface area (Å²) >= 11 is 1.45. The Hall–Kier alpha value is -1.92. The lowest BCUT2D eigenvalue weighted by atomic mass is 9.80. The zero-order chi connectivity index (χ0) is 19.3. The predicted molar refractivity (Wildman–Crippen MR) is 111 cm³/mol. The van der Waals surface area contributed by atoms with Gasteiger partial charge in [-0.2, -0.15) is 0 Å². The largest absolute Gasteiger partial charge is 0.381 e. The Kier molecular flexibility index (Phi) is 6.27. The van der Waals surface area contributed by atoms with Crippen molar-refractivity contribution >= 4 is 17.5 Å². The van der Waals surface area contributed by atoms with Gasteiger partial charge < -0.3 is 10.1 Å². The van der Waals surface area contributed by atoms with Gasteiger partial charge in [0.05, 0.1) is 11.9 Å². The Morgan fingerprint density at radius 1 is 1.29 bits per heavy atom. The van der Waals surface area contributed by atoms with Gasteiger partial charge in [-0.05, 0) is 55.6 Å². The minimum atomic E-state index is -0.123. The smallest absolute Gasteiger partial charge is 0.137 e. The van der Waals surface area contributed by atoms with E-state index in [1.165, 1.54) is 11.8 Å². The summed E-state index contributed by atoms with van der Waals surface area (Å²) in [6.45, 7) is 1.66. The van der Waals surface area contributed by atoms with Gasteiger partial charge in [0.2, 0.25) is 0 Å². The Balaban J connectivity index is 1.55. The summed E-state index contributed by atoms with van der Waals surface area (Å²) in [5, 5.41) is 3.64. The van der Waals surface area contributed by atoms with Crippen LogP contribution in [-0.4, -0.2) is 35.5 Å². The van der Waals surface area contributed by atoms with Gasteiger partial charge in [0.15, 0.2) is 0 Å². The van der Waals surface area contributed by atoms with Crippen LogP contribution in [0.2, 0.25) is 0 Å². The number of hydrogen-bond acceptors (Lipinski definition) is 5. The number of nitrogens with one attached hydrogen (secondary N) is 1. The second kappa shape index (κ2) is 9.05. The van der Waals surface area contributed by atoms with Gasteiger partial charge in [-0.25, -0.2) is 4.39 Å². The lowest BCUT2D eigenvalue weighted by molar-refractivity contribution is 0.0606. The average Bonchev–Trinajstić information content (AvgIpc) is 3.23. The van der Waals surface area contributed by atoms with E-state index in [1.54, 1.807) is 24.7 Å². The summed E-state index contributed by atoms with van der Waals surface area (Å²) in [6.07, 6.45) is 13.4. The summed E-state index contributed by atoms with van der Waals surface area (Å²) in [6, 6.07) is 5.98. The summed E-state index contributed by atoms with van der Waals surface area (Å²) in [7, 11) is 0. The maximum Gasteiger partial charge on any atom is 0.137 e. The van der Waals surface area contributed by atoms with Crippen LogP contribution in [0.1, 0.15) is 42.9 Å². The third kappa shape index (κ3) is 4.39. The number of aromatic nitrogens is 2. The fraction of sp³-hybridized carbons (Fsp3) is 0.455. The van der Waals surface area contributed by atoms with Crippen LogP contribution in [-0.2, 0) is 4.74 Å². The van der Waals surface area contributed by atoms with Crippen molar-refractivity contribution in [1.82, 2.24) is 15.3 Å². The van der Waals surface area contributed by atoms with E-state index in [9.17, 15) is 4.39 Å². The SMILES string of the molecule is CSc1ccc(C(CC2CCOCC2)C2CC=C(c3cnccn3)N2)cc1F. The quantitative estimate of drug-likeness (QED) is 0.717. The second-order valence-electron chi connectivity index (χ2n) is 7.49. The van der Waals surface area contributed by atoms with Crippen LogP contribution in [0.4, 0.5) is 4.39 Å². The summed E-state index contributed by atoms with van der Waals surface area (Å²) < 4.78 is 20.1. The van der Waals surface area contributed by atoms with Crippen molar-refractivity contribution < 1.29 is 9.13 Å². The molecule has 0 bridgehead atoms. The summed E-state index contributed by atoms with van der Waals surface area (Å²) in [5.41, 5.74) is 2.96. The number of benzene rings is 1. The molecular weight excluding hydrogens is 373 g/mol. The Bertz CT molecular complexity index is 824. The fourth-order valence-corrected chi connectivity index (χ4v) is 4.69. The Morgan fingerprint density at radius 2 is 2.14 bits per heavy atom. The standard InChI is InChI=1S/C22H26FN3OS/c1-28-22-5-2-16(13-18(22)23)17(12-15-6-10-27-11-7-15)19-3-4-20(26-19)21-14-24-8-9-25-21/h2,4-5,8-9,13-15,17,19,26H,3,6-7,10-12H2,1H3. The van der Waals surface area contributed by atoms with Crippen LogP contribution in [0.5, 0.6) is 0 Å². The number of ether oxygens (including phenoxy) is 1. The molecule has 3 heterocycles. The molecule has 0 saturated carbocycles. The maximum absolute atomic E-state index is 14.5. The van der Waals surface area contributed by atoms with Crippen molar-refractivity contribution in [2.24, 2.45) is 5.92 Å². The zero-order valence-electron chi connectivity index (χ0n) is 16.1. The molecule has 0 radical (unpaired) electrons. The van der Waals surface area contributed by atoms with Crippen molar-refractivity contribution in [3.05, 3.63) is 59.9 Å². The highest BCUT2D eigenvalue weighted by Gasteiger charge is 2.31. The normalized spacial score (nSPS) is 21.2. The second-order valence-corrected chi connectivity index (χ2v) is 8.33. The predicted octanol–water partition coefficient (Wildman–Crippen LogP) is 4.64. The zero-order valence-corrected chi connectivity index (χ0v) is 16.9. The minimum absolute atomic E-state index is 0.123. The molecule has 2 aliphatic rings. The van der Waals surface area contributed by atoms with Crippen LogP contribution in [0.15, 0.2) is 47.8 Å². The number of rotatable bonds is 6. The van der Waals surface area contributed by atoms with E-state index in [1.807, 2.05) is 12.3 Å².